The molecular formula is C14H8ClFN2O. The van der Waals surface area contributed by atoms with Gasteiger partial charge in [-0.2, -0.15) is 5.26 Å². The summed E-state index contributed by atoms with van der Waals surface area (Å²) < 4.78 is 13.0. The van der Waals surface area contributed by atoms with Crippen molar-refractivity contribution in [3.8, 4) is 6.07 Å². The molecule has 0 fully saturated rings. The summed E-state index contributed by atoms with van der Waals surface area (Å²) in [7, 11) is 0. The molecule has 19 heavy (non-hydrogen) atoms. The van der Waals surface area contributed by atoms with Crippen molar-refractivity contribution in [2.75, 3.05) is 5.32 Å². The van der Waals surface area contributed by atoms with Gasteiger partial charge < -0.3 is 5.32 Å². The predicted molar refractivity (Wildman–Crippen MR) is 70.5 cm³/mol. The molecule has 0 saturated carbocycles. The second-order valence-corrected chi connectivity index (χ2v) is 4.18. The van der Waals surface area contributed by atoms with Crippen molar-refractivity contribution < 1.29 is 9.18 Å². The number of nitrogens with one attached hydrogen (secondary N) is 1. The number of hydrogen-bond acceptors (Lipinski definition) is 2. The molecule has 2 aromatic rings. The Morgan fingerprint density at radius 2 is 2.05 bits per heavy atom. The molecule has 0 aromatic heterocycles. The molecule has 1 N–H and O–H groups in total. The van der Waals surface area contributed by atoms with Gasteiger partial charge in [-0.15, -0.1) is 0 Å². The van der Waals surface area contributed by atoms with Crippen molar-refractivity contribution in [3.05, 3.63) is 64.4 Å². The number of carbonyl (C=O) groups is 1. The molecule has 0 bridgehead atoms. The highest BCUT2D eigenvalue weighted by atomic mass is 35.5. The van der Waals surface area contributed by atoms with Crippen LogP contribution in [0.2, 0.25) is 5.02 Å². The van der Waals surface area contributed by atoms with Gasteiger partial charge in [0, 0.05) is 11.3 Å². The molecule has 0 aliphatic rings. The fraction of sp³-hybridized carbons (Fsp3) is 0. The van der Waals surface area contributed by atoms with E-state index in [-0.39, 0.29) is 11.1 Å². The molecule has 0 aliphatic carbocycles. The quantitative estimate of drug-likeness (QED) is 0.909. The minimum absolute atomic E-state index is 0.202. The first-order valence-corrected chi connectivity index (χ1v) is 5.74. The molecule has 0 unspecified atom stereocenters. The van der Waals surface area contributed by atoms with Gasteiger partial charge in [-0.1, -0.05) is 17.7 Å². The Kier molecular flexibility index (Phi) is 3.79. The van der Waals surface area contributed by atoms with Crippen LogP contribution in [-0.4, -0.2) is 5.91 Å². The van der Waals surface area contributed by atoms with E-state index in [4.69, 9.17) is 16.9 Å². The van der Waals surface area contributed by atoms with Crippen molar-refractivity contribution in [1.82, 2.24) is 0 Å². The number of nitrogens with zero attached hydrogens (tertiary/aromatic N) is 1. The molecular weight excluding hydrogens is 267 g/mol. The van der Waals surface area contributed by atoms with Gasteiger partial charge in [0.25, 0.3) is 5.91 Å². The van der Waals surface area contributed by atoms with E-state index in [1.54, 1.807) is 6.07 Å². The molecule has 0 heterocycles. The summed E-state index contributed by atoms with van der Waals surface area (Å²) in [6, 6.07) is 11.8. The number of anilines is 1. The summed E-state index contributed by atoms with van der Waals surface area (Å²) in [5.41, 5.74) is 0.891. The molecule has 0 spiro atoms. The van der Waals surface area contributed by atoms with Crippen LogP contribution in [0.4, 0.5) is 10.1 Å². The number of rotatable bonds is 2. The summed E-state index contributed by atoms with van der Waals surface area (Å²) in [6.45, 7) is 0. The van der Waals surface area contributed by atoms with Crippen LogP contribution in [0.5, 0.6) is 0 Å². The van der Waals surface area contributed by atoms with Crippen molar-refractivity contribution in [2.45, 2.75) is 0 Å². The topological polar surface area (TPSA) is 52.9 Å². The Labute approximate surface area is 114 Å². The van der Waals surface area contributed by atoms with E-state index < -0.39 is 11.7 Å². The molecule has 0 radical (unpaired) electrons. The van der Waals surface area contributed by atoms with Crippen LogP contribution >= 0.6 is 11.6 Å². The first-order valence-electron chi connectivity index (χ1n) is 5.37. The summed E-state index contributed by atoms with van der Waals surface area (Å²) in [6.07, 6.45) is 0. The number of hydrogen-bond donors (Lipinski definition) is 1. The molecule has 0 saturated heterocycles. The first-order chi connectivity index (χ1) is 9.10. The SMILES string of the molecule is N#Cc1cc(NC(=O)c2cccc(F)c2)ccc1Cl. The van der Waals surface area contributed by atoms with Crippen LogP contribution in [0.25, 0.3) is 0 Å². The maximum absolute atomic E-state index is 13.0. The number of amides is 1. The third-order valence-corrected chi connectivity index (χ3v) is 2.76. The van der Waals surface area contributed by atoms with Crippen LogP contribution in [-0.2, 0) is 0 Å². The fourth-order valence-electron chi connectivity index (χ4n) is 1.52. The Morgan fingerprint density at radius 1 is 1.26 bits per heavy atom. The van der Waals surface area contributed by atoms with Crippen molar-refractivity contribution in [3.63, 3.8) is 0 Å². The molecule has 5 heteroatoms. The highest BCUT2D eigenvalue weighted by molar-refractivity contribution is 6.31. The van der Waals surface area contributed by atoms with Crippen molar-refractivity contribution >= 4 is 23.2 Å². The van der Waals surface area contributed by atoms with Crippen molar-refractivity contribution in [1.29, 1.82) is 5.26 Å². The predicted octanol–water partition coefficient (Wildman–Crippen LogP) is 3.60. The second-order valence-electron chi connectivity index (χ2n) is 3.77. The van der Waals surface area contributed by atoms with E-state index in [0.29, 0.717) is 10.7 Å². The monoisotopic (exact) mass is 274 g/mol. The maximum Gasteiger partial charge on any atom is 0.255 e. The van der Waals surface area contributed by atoms with Crippen LogP contribution in [0.1, 0.15) is 15.9 Å². The Hall–Kier alpha value is -2.38. The lowest BCUT2D eigenvalue weighted by atomic mass is 10.2. The third-order valence-electron chi connectivity index (χ3n) is 2.43. The van der Waals surface area contributed by atoms with Crippen LogP contribution in [0.3, 0.4) is 0 Å². The van der Waals surface area contributed by atoms with E-state index in [1.807, 2.05) is 6.07 Å². The number of halogens is 2. The van der Waals surface area contributed by atoms with E-state index in [2.05, 4.69) is 5.32 Å². The molecule has 94 valence electrons. The smallest absolute Gasteiger partial charge is 0.255 e. The fourth-order valence-corrected chi connectivity index (χ4v) is 1.68. The molecule has 3 nitrogen and oxygen atoms in total. The van der Waals surface area contributed by atoms with Gasteiger partial charge in [-0.25, -0.2) is 4.39 Å². The summed E-state index contributed by atoms with van der Waals surface area (Å²) in [5.74, 6) is -0.938. The molecule has 2 aromatic carbocycles. The van der Waals surface area contributed by atoms with Gasteiger partial charge in [-0.3, -0.25) is 4.79 Å². The van der Waals surface area contributed by atoms with E-state index >= 15 is 0 Å². The zero-order valence-corrected chi connectivity index (χ0v) is 10.4. The van der Waals surface area contributed by atoms with Gasteiger partial charge >= 0.3 is 0 Å². The Morgan fingerprint density at radius 3 is 2.74 bits per heavy atom. The average molecular weight is 275 g/mol. The lowest BCUT2D eigenvalue weighted by molar-refractivity contribution is 0.102. The Bertz CT molecular complexity index is 679. The molecule has 0 aliphatic heterocycles. The summed E-state index contributed by atoms with van der Waals surface area (Å²) in [4.78, 5) is 11.9. The minimum Gasteiger partial charge on any atom is -0.322 e. The first kappa shape index (κ1) is 13.1. The highest BCUT2D eigenvalue weighted by Crippen LogP contribution is 2.20. The zero-order chi connectivity index (χ0) is 13.8. The standard InChI is InChI=1S/C14H8ClFN2O/c15-13-5-4-12(7-10(13)8-17)18-14(19)9-2-1-3-11(16)6-9/h1-7H,(H,18,19). The van der Waals surface area contributed by atoms with Crippen LogP contribution in [0, 0.1) is 17.1 Å². The number of benzene rings is 2. The van der Waals surface area contributed by atoms with E-state index in [9.17, 15) is 9.18 Å². The number of nitriles is 1. The molecule has 1 amide bonds. The van der Waals surface area contributed by atoms with E-state index in [1.165, 1.54) is 30.3 Å². The highest BCUT2D eigenvalue weighted by Gasteiger charge is 2.08. The van der Waals surface area contributed by atoms with Gasteiger partial charge in [0.2, 0.25) is 0 Å². The third kappa shape index (κ3) is 3.09. The zero-order valence-electron chi connectivity index (χ0n) is 9.65. The summed E-state index contributed by atoms with van der Waals surface area (Å²) in [5, 5.41) is 11.7. The average Bonchev–Trinajstić information content (AvgIpc) is 2.41. The maximum atomic E-state index is 13.0. The normalized spacial score (nSPS) is 9.74. The van der Waals surface area contributed by atoms with Crippen LogP contribution in [0.15, 0.2) is 42.5 Å². The van der Waals surface area contributed by atoms with Crippen LogP contribution < -0.4 is 5.32 Å². The molecule has 0 atom stereocenters. The van der Waals surface area contributed by atoms with E-state index in [0.717, 1.165) is 6.07 Å². The largest absolute Gasteiger partial charge is 0.322 e. The minimum atomic E-state index is -0.485. The van der Waals surface area contributed by atoms with Gasteiger partial charge in [0.05, 0.1) is 10.6 Å². The summed E-state index contributed by atoms with van der Waals surface area (Å²) >= 11 is 5.79. The Balaban J connectivity index is 2.22. The lowest BCUT2D eigenvalue weighted by Crippen LogP contribution is -2.12. The van der Waals surface area contributed by atoms with Crippen molar-refractivity contribution in [2.24, 2.45) is 0 Å². The lowest BCUT2D eigenvalue weighted by Gasteiger charge is -2.06. The second kappa shape index (κ2) is 5.51. The van der Waals surface area contributed by atoms with Gasteiger partial charge in [0.1, 0.15) is 11.9 Å². The number of carbonyl (C=O) groups excluding carboxylic acids is 1. The molecule has 2 rings (SSSR count). The van der Waals surface area contributed by atoms with Gasteiger partial charge in [0.15, 0.2) is 0 Å². The van der Waals surface area contributed by atoms with Gasteiger partial charge in [-0.05, 0) is 36.4 Å².